The van der Waals surface area contributed by atoms with Crippen molar-refractivity contribution in [2.24, 2.45) is 0 Å². The molecule has 4 rings (SSSR count). The summed E-state index contributed by atoms with van der Waals surface area (Å²) in [5, 5.41) is 11.5. The standard InChI is InChI=1S/C26H25N3O2/c1-26(2,3)21-16-14-19(15-17-21)23(30)27-22(18-10-6-4-7-11-18)25-29-28-24(31-25)20-12-8-5-9-13-20/h4-17,22H,1-3H3,(H,27,30)/t22-/m0/s1. The third kappa shape index (κ3) is 4.72. The molecule has 0 saturated carbocycles. The Balaban J connectivity index is 1.62. The van der Waals surface area contributed by atoms with Crippen molar-refractivity contribution in [3.8, 4) is 11.5 Å². The van der Waals surface area contributed by atoms with E-state index in [2.05, 4.69) is 36.3 Å². The fraction of sp³-hybridized carbons (Fsp3) is 0.192. The molecule has 5 heteroatoms. The second-order valence-electron chi connectivity index (χ2n) is 8.46. The van der Waals surface area contributed by atoms with Crippen molar-refractivity contribution in [1.29, 1.82) is 0 Å². The van der Waals surface area contributed by atoms with Gasteiger partial charge in [0, 0.05) is 11.1 Å². The molecule has 156 valence electrons. The molecule has 0 radical (unpaired) electrons. The molecule has 31 heavy (non-hydrogen) atoms. The highest BCUT2D eigenvalue weighted by Gasteiger charge is 2.24. The van der Waals surface area contributed by atoms with E-state index in [-0.39, 0.29) is 11.3 Å². The van der Waals surface area contributed by atoms with Crippen LogP contribution in [-0.2, 0) is 5.41 Å². The Hall–Kier alpha value is -3.73. The predicted octanol–water partition coefficient (Wildman–Crippen LogP) is 5.55. The lowest BCUT2D eigenvalue weighted by Crippen LogP contribution is -2.29. The van der Waals surface area contributed by atoms with Gasteiger partial charge in [-0.15, -0.1) is 10.2 Å². The first-order valence-corrected chi connectivity index (χ1v) is 10.3. The minimum Gasteiger partial charge on any atom is -0.418 e. The van der Waals surface area contributed by atoms with Crippen LogP contribution in [0.15, 0.2) is 89.3 Å². The monoisotopic (exact) mass is 411 g/mol. The van der Waals surface area contributed by atoms with Crippen LogP contribution < -0.4 is 5.32 Å². The van der Waals surface area contributed by atoms with E-state index in [0.29, 0.717) is 17.3 Å². The Morgan fingerprint density at radius 3 is 2.06 bits per heavy atom. The number of nitrogens with zero attached hydrogens (tertiary/aromatic N) is 2. The quantitative estimate of drug-likeness (QED) is 0.467. The molecule has 0 unspecified atom stereocenters. The minimum atomic E-state index is -0.555. The molecule has 5 nitrogen and oxygen atoms in total. The summed E-state index contributed by atoms with van der Waals surface area (Å²) < 4.78 is 5.95. The van der Waals surface area contributed by atoms with Crippen molar-refractivity contribution in [2.45, 2.75) is 32.2 Å². The fourth-order valence-corrected chi connectivity index (χ4v) is 3.32. The number of hydrogen-bond donors (Lipinski definition) is 1. The molecule has 1 heterocycles. The average Bonchev–Trinajstić information content (AvgIpc) is 3.28. The Morgan fingerprint density at radius 1 is 0.839 bits per heavy atom. The lowest BCUT2D eigenvalue weighted by molar-refractivity contribution is 0.0938. The summed E-state index contributed by atoms with van der Waals surface area (Å²) in [7, 11) is 0. The van der Waals surface area contributed by atoms with Gasteiger partial charge in [-0.2, -0.15) is 0 Å². The molecule has 0 aliphatic rings. The van der Waals surface area contributed by atoms with Gasteiger partial charge < -0.3 is 9.73 Å². The van der Waals surface area contributed by atoms with E-state index >= 15 is 0 Å². The summed E-state index contributed by atoms with van der Waals surface area (Å²) >= 11 is 0. The Kier molecular flexibility index (Phi) is 5.67. The number of nitrogens with one attached hydrogen (secondary N) is 1. The van der Waals surface area contributed by atoms with Gasteiger partial charge >= 0.3 is 0 Å². The van der Waals surface area contributed by atoms with Crippen LogP contribution in [0.25, 0.3) is 11.5 Å². The highest BCUT2D eigenvalue weighted by atomic mass is 16.4. The lowest BCUT2D eigenvalue weighted by atomic mass is 9.86. The zero-order valence-electron chi connectivity index (χ0n) is 17.9. The first-order chi connectivity index (χ1) is 14.9. The van der Waals surface area contributed by atoms with E-state index in [4.69, 9.17) is 4.42 Å². The van der Waals surface area contributed by atoms with Crippen molar-refractivity contribution < 1.29 is 9.21 Å². The van der Waals surface area contributed by atoms with E-state index in [1.54, 1.807) is 0 Å². The molecule has 0 bridgehead atoms. The number of benzene rings is 3. The third-order valence-corrected chi connectivity index (χ3v) is 5.13. The van der Waals surface area contributed by atoms with E-state index in [1.165, 1.54) is 5.56 Å². The topological polar surface area (TPSA) is 68.0 Å². The van der Waals surface area contributed by atoms with Crippen LogP contribution in [0.5, 0.6) is 0 Å². The number of carbonyl (C=O) groups is 1. The first-order valence-electron chi connectivity index (χ1n) is 10.3. The first kappa shape index (κ1) is 20.5. The van der Waals surface area contributed by atoms with Crippen LogP contribution in [0, 0.1) is 0 Å². The van der Waals surface area contributed by atoms with Crippen molar-refractivity contribution in [2.75, 3.05) is 0 Å². The number of amides is 1. The van der Waals surface area contributed by atoms with E-state index in [1.807, 2.05) is 84.9 Å². The van der Waals surface area contributed by atoms with Gasteiger partial charge in [-0.25, -0.2) is 0 Å². The molecule has 0 spiro atoms. The zero-order valence-corrected chi connectivity index (χ0v) is 17.9. The maximum atomic E-state index is 13.0. The minimum absolute atomic E-state index is 0.0270. The predicted molar refractivity (Wildman–Crippen MR) is 121 cm³/mol. The summed E-state index contributed by atoms with van der Waals surface area (Å²) in [5.74, 6) is 0.554. The summed E-state index contributed by atoms with van der Waals surface area (Å²) in [5.41, 5.74) is 3.48. The Morgan fingerprint density at radius 2 is 1.45 bits per heavy atom. The fourth-order valence-electron chi connectivity index (χ4n) is 3.32. The molecule has 0 aliphatic heterocycles. The SMILES string of the molecule is CC(C)(C)c1ccc(C(=O)N[C@@H](c2ccccc2)c2nnc(-c3ccccc3)o2)cc1. The smallest absolute Gasteiger partial charge is 0.252 e. The Bertz CT molecular complexity index is 1140. The highest BCUT2D eigenvalue weighted by molar-refractivity contribution is 5.94. The number of carbonyl (C=O) groups excluding carboxylic acids is 1. The van der Waals surface area contributed by atoms with E-state index in [0.717, 1.165) is 11.1 Å². The van der Waals surface area contributed by atoms with Gasteiger partial charge in [0.2, 0.25) is 11.8 Å². The highest BCUT2D eigenvalue weighted by Crippen LogP contribution is 2.26. The maximum absolute atomic E-state index is 13.0. The number of hydrogen-bond acceptors (Lipinski definition) is 4. The molecular formula is C26H25N3O2. The summed E-state index contributed by atoms with van der Waals surface area (Å²) in [4.78, 5) is 13.0. The molecule has 0 saturated heterocycles. The largest absolute Gasteiger partial charge is 0.418 e. The van der Waals surface area contributed by atoms with Crippen LogP contribution in [0.4, 0.5) is 0 Å². The second-order valence-corrected chi connectivity index (χ2v) is 8.46. The van der Waals surface area contributed by atoms with Crippen LogP contribution in [-0.4, -0.2) is 16.1 Å². The van der Waals surface area contributed by atoms with Crippen molar-refractivity contribution in [3.05, 3.63) is 108 Å². The van der Waals surface area contributed by atoms with Crippen molar-refractivity contribution in [3.63, 3.8) is 0 Å². The Labute approximate surface area is 182 Å². The molecule has 4 aromatic rings. The molecule has 1 aromatic heterocycles. The second kappa shape index (κ2) is 8.56. The van der Waals surface area contributed by atoms with Gasteiger partial charge in [0.15, 0.2) is 0 Å². The van der Waals surface area contributed by atoms with Crippen LogP contribution >= 0.6 is 0 Å². The van der Waals surface area contributed by atoms with Gasteiger partial charge in [0.1, 0.15) is 6.04 Å². The molecular weight excluding hydrogens is 386 g/mol. The van der Waals surface area contributed by atoms with Crippen LogP contribution in [0.2, 0.25) is 0 Å². The van der Waals surface area contributed by atoms with Crippen LogP contribution in [0.1, 0.15) is 54.2 Å². The average molecular weight is 412 g/mol. The van der Waals surface area contributed by atoms with Crippen molar-refractivity contribution in [1.82, 2.24) is 15.5 Å². The van der Waals surface area contributed by atoms with Gasteiger partial charge in [0.05, 0.1) is 0 Å². The number of aromatic nitrogens is 2. The number of rotatable bonds is 5. The lowest BCUT2D eigenvalue weighted by Gasteiger charge is -2.19. The van der Waals surface area contributed by atoms with E-state index < -0.39 is 6.04 Å². The van der Waals surface area contributed by atoms with Gasteiger partial charge in [-0.05, 0) is 40.8 Å². The third-order valence-electron chi connectivity index (χ3n) is 5.13. The zero-order chi connectivity index (χ0) is 21.8. The maximum Gasteiger partial charge on any atom is 0.252 e. The van der Waals surface area contributed by atoms with Crippen LogP contribution in [0.3, 0.4) is 0 Å². The molecule has 1 N–H and O–H groups in total. The van der Waals surface area contributed by atoms with Gasteiger partial charge in [-0.3, -0.25) is 4.79 Å². The van der Waals surface area contributed by atoms with Crippen molar-refractivity contribution >= 4 is 5.91 Å². The summed E-state index contributed by atoms with van der Waals surface area (Å²) in [6, 6.07) is 26.3. The normalized spacial score (nSPS) is 12.4. The summed E-state index contributed by atoms with van der Waals surface area (Å²) in [6.07, 6.45) is 0. The van der Waals surface area contributed by atoms with E-state index in [9.17, 15) is 4.79 Å². The van der Waals surface area contributed by atoms with Gasteiger partial charge in [0.25, 0.3) is 5.91 Å². The molecule has 3 aromatic carbocycles. The molecule has 1 atom stereocenters. The summed E-state index contributed by atoms with van der Waals surface area (Å²) in [6.45, 7) is 6.44. The molecule has 0 aliphatic carbocycles. The van der Waals surface area contributed by atoms with Gasteiger partial charge in [-0.1, -0.05) is 81.4 Å². The molecule has 1 amide bonds. The molecule has 0 fully saturated rings.